The van der Waals surface area contributed by atoms with Crippen LogP contribution in [0, 0.1) is 23.5 Å². The lowest BCUT2D eigenvalue weighted by Crippen LogP contribution is -1.98. The van der Waals surface area contributed by atoms with E-state index in [2.05, 4.69) is 12.6 Å². The molecule has 0 aromatic heterocycles. The van der Waals surface area contributed by atoms with E-state index in [1.165, 1.54) is 18.2 Å². The first-order chi connectivity index (χ1) is 9.13. The van der Waals surface area contributed by atoms with Crippen molar-refractivity contribution < 1.29 is 17.9 Å². The molecule has 0 spiro atoms. The zero-order valence-corrected chi connectivity index (χ0v) is 9.92. The molecule has 0 aliphatic carbocycles. The molecule has 4 heteroatoms. The lowest BCUT2D eigenvalue weighted by atomic mass is 10.0. The average molecular weight is 263 g/mol. The number of hydrogen-bond donors (Lipinski definition) is 0. The maximum atomic E-state index is 13.9. The summed E-state index contributed by atoms with van der Waals surface area (Å²) in [5.41, 5.74) is -0.568. The highest BCUT2D eigenvalue weighted by atomic mass is 19.1. The number of ether oxygens (including phenoxy) is 1. The van der Waals surface area contributed by atoms with Gasteiger partial charge in [-0.05, 0) is 12.1 Å². The maximum absolute atomic E-state index is 13.9. The molecule has 0 saturated carbocycles. The zero-order chi connectivity index (χ0) is 13.8. The molecule has 0 heterocycles. The van der Waals surface area contributed by atoms with Crippen LogP contribution in [-0.2, 0) is 0 Å². The van der Waals surface area contributed by atoms with Gasteiger partial charge in [0, 0.05) is 17.7 Å². The zero-order valence-electron chi connectivity index (χ0n) is 9.92. The molecular formula is C15H10F3O. The fraction of sp³-hybridized carbons (Fsp3) is 0.0667. The molecule has 2 aromatic carbocycles. The van der Waals surface area contributed by atoms with Crippen molar-refractivity contribution in [2.75, 3.05) is 6.61 Å². The fourth-order valence-corrected chi connectivity index (χ4v) is 1.66. The van der Waals surface area contributed by atoms with Crippen molar-refractivity contribution in [3.8, 4) is 16.9 Å². The summed E-state index contributed by atoms with van der Waals surface area (Å²) in [6.07, 6.45) is 1.45. The number of benzene rings is 2. The van der Waals surface area contributed by atoms with Crippen LogP contribution in [0.4, 0.5) is 13.2 Å². The van der Waals surface area contributed by atoms with Crippen molar-refractivity contribution in [1.29, 1.82) is 0 Å². The van der Waals surface area contributed by atoms with E-state index in [1.807, 2.05) is 0 Å². The Hall–Kier alpha value is -2.23. The molecule has 0 bridgehead atoms. The van der Waals surface area contributed by atoms with Gasteiger partial charge < -0.3 is 4.74 Å². The molecule has 2 aromatic rings. The molecule has 0 N–H and O–H groups in total. The van der Waals surface area contributed by atoms with Crippen LogP contribution in [0.25, 0.3) is 11.1 Å². The second kappa shape index (κ2) is 5.61. The van der Waals surface area contributed by atoms with Gasteiger partial charge in [-0.15, -0.1) is 0 Å². The third-order valence-electron chi connectivity index (χ3n) is 2.47. The first-order valence-corrected chi connectivity index (χ1v) is 5.52. The van der Waals surface area contributed by atoms with Crippen LogP contribution in [0.5, 0.6) is 5.75 Å². The summed E-state index contributed by atoms with van der Waals surface area (Å²) in [6, 6.07) is 8.19. The lowest BCUT2D eigenvalue weighted by molar-refractivity contribution is 0.358. The quantitative estimate of drug-likeness (QED) is 0.753. The molecule has 0 fully saturated rings. The van der Waals surface area contributed by atoms with Crippen molar-refractivity contribution in [1.82, 2.24) is 0 Å². The SMILES string of the molecule is C=CCOc1cc(F)c(-c2cc[c]cc2F)c(F)c1. The maximum Gasteiger partial charge on any atom is 0.137 e. The molecule has 19 heavy (non-hydrogen) atoms. The van der Waals surface area contributed by atoms with Gasteiger partial charge >= 0.3 is 0 Å². The molecule has 0 unspecified atom stereocenters. The molecule has 97 valence electrons. The van der Waals surface area contributed by atoms with Crippen LogP contribution in [-0.4, -0.2) is 6.61 Å². The smallest absolute Gasteiger partial charge is 0.137 e. The first kappa shape index (κ1) is 13.2. The van der Waals surface area contributed by atoms with Gasteiger partial charge in [-0.2, -0.15) is 0 Å². The molecule has 1 radical (unpaired) electrons. The molecule has 0 atom stereocenters. The van der Waals surface area contributed by atoms with E-state index in [0.29, 0.717) is 0 Å². The molecule has 0 amide bonds. The Morgan fingerprint density at radius 2 is 1.84 bits per heavy atom. The van der Waals surface area contributed by atoms with Crippen molar-refractivity contribution in [3.05, 3.63) is 66.5 Å². The molecule has 0 aliphatic rings. The van der Waals surface area contributed by atoms with Gasteiger partial charge in [-0.1, -0.05) is 24.8 Å². The summed E-state index contributed by atoms with van der Waals surface area (Å²) < 4.78 is 46.3. The number of halogens is 3. The minimum absolute atomic E-state index is 0.0292. The summed E-state index contributed by atoms with van der Waals surface area (Å²) in [6.45, 7) is 3.56. The van der Waals surface area contributed by atoms with Crippen LogP contribution < -0.4 is 4.74 Å². The largest absolute Gasteiger partial charge is 0.489 e. The normalized spacial score (nSPS) is 10.3. The van der Waals surface area contributed by atoms with E-state index in [4.69, 9.17) is 4.74 Å². The highest BCUT2D eigenvalue weighted by molar-refractivity contribution is 5.66. The summed E-state index contributed by atoms with van der Waals surface area (Å²) >= 11 is 0. The molecule has 0 saturated heterocycles. The minimum Gasteiger partial charge on any atom is -0.489 e. The number of rotatable bonds is 4. The first-order valence-electron chi connectivity index (χ1n) is 5.52. The van der Waals surface area contributed by atoms with Gasteiger partial charge in [0.2, 0.25) is 0 Å². The predicted octanol–water partition coefficient (Wildman–Crippen LogP) is 4.14. The van der Waals surface area contributed by atoms with Crippen LogP contribution in [0.15, 0.2) is 43.0 Å². The lowest BCUT2D eigenvalue weighted by Gasteiger charge is -2.09. The fourth-order valence-electron chi connectivity index (χ4n) is 1.66. The average Bonchev–Trinajstić information content (AvgIpc) is 2.38. The topological polar surface area (TPSA) is 9.23 Å². The summed E-state index contributed by atoms with van der Waals surface area (Å²) in [5, 5.41) is 0. The summed E-state index contributed by atoms with van der Waals surface area (Å²) in [5.74, 6) is -2.48. The van der Waals surface area contributed by atoms with Gasteiger partial charge in [0.1, 0.15) is 29.8 Å². The Bertz CT molecular complexity index is 585. The van der Waals surface area contributed by atoms with E-state index < -0.39 is 23.0 Å². The van der Waals surface area contributed by atoms with Gasteiger partial charge in [-0.3, -0.25) is 0 Å². The highest BCUT2D eigenvalue weighted by Gasteiger charge is 2.16. The van der Waals surface area contributed by atoms with Crippen LogP contribution in [0.3, 0.4) is 0 Å². The van der Waals surface area contributed by atoms with E-state index in [1.54, 1.807) is 0 Å². The Labute approximate surface area is 109 Å². The second-order valence-corrected chi connectivity index (χ2v) is 3.77. The van der Waals surface area contributed by atoms with Crippen molar-refractivity contribution in [2.45, 2.75) is 0 Å². The second-order valence-electron chi connectivity index (χ2n) is 3.77. The van der Waals surface area contributed by atoms with Crippen molar-refractivity contribution in [2.24, 2.45) is 0 Å². The predicted molar refractivity (Wildman–Crippen MR) is 66.3 cm³/mol. The van der Waals surface area contributed by atoms with E-state index in [9.17, 15) is 13.2 Å². The van der Waals surface area contributed by atoms with Gasteiger partial charge in [0.15, 0.2) is 0 Å². The Balaban J connectivity index is 2.48. The van der Waals surface area contributed by atoms with Gasteiger partial charge in [0.25, 0.3) is 0 Å². The van der Waals surface area contributed by atoms with Crippen LogP contribution in [0.1, 0.15) is 0 Å². The standard InChI is InChI=1S/C15H10F3O/c1-2-7-19-10-8-13(17)15(14(18)9-10)11-5-3-4-6-12(11)16/h2-3,5-6,8-9H,1,7H2. The Kier molecular flexibility index (Phi) is 3.90. The monoisotopic (exact) mass is 263 g/mol. The summed E-state index contributed by atoms with van der Waals surface area (Å²) in [4.78, 5) is 0. The third-order valence-corrected chi connectivity index (χ3v) is 2.47. The highest BCUT2D eigenvalue weighted by Crippen LogP contribution is 2.31. The van der Waals surface area contributed by atoms with Crippen molar-refractivity contribution in [3.63, 3.8) is 0 Å². The van der Waals surface area contributed by atoms with Crippen molar-refractivity contribution >= 4 is 0 Å². The molecule has 2 rings (SSSR count). The van der Waals surface area contributed by atoms with Gasteiger partial charge in [-0.25, -0.2) is 13.2 Å². The van der Waals surface area contributed by atoms with Crippen LogP contribution in [0.2, 0.25) is 0 Å². The van der Waals surface area contributed by atoms with E-state index in [0.717, 1.165) is 18.2 Å². The van der Waals surface area contributed by atoms with Gasteiger partial charge in [0.05, 0.1) is 5.56 Å². The number of hydrogen-bond acceptors (Lipinski definition) is 1. The Morgan fingerprint density at radius 1 is 1.16 bits per heavy atom. The third kappa shape index (κ3) is 2.78. The van der Waals surface area contributed by atoms with E-state index >= 15 is 0 Å². The molecule has 0 aliphatic heterocycles. The molecular weight excluding hydrogens is 253 g/mol. The summed E-state index contributed by atoms with van der Waals surface area (Å²) in [7, 11) is 0. The Morgan fingerprint density at radius 3 is 2.42 bits per heavy atom. The van der Waals surface area contributed by atoms with Crippen LogP contribution >= 0.6 is 0 Å². The van der Waals surface area contributed by atoms with E-state index in [-0.39, 0.29) is 17.9 Å². The minimum atomic E-state index is -0.885. The molecule has 1 nitrogen and oxygen atoms in total.